The van der Waals surface area contributed by atoms with E-state index in [0.717, 1.165) is 5.70 Å². The summed E-state index contributed by atoms with van der Waals surface area (Å²) in [6.45, 7) is 8.03. The fourth-order valence-corrected chi connectivity index (χ4v) is 3.13. The highest BCUT2D eigenvalue weighted by Gasteiger charge is 2.48. The SMILES string of the molecule is C=CC12CCC(C(=C)NN)(CC1)CC2. The minimum atomic E-state index is 0.291. The summed E-state index contributed by atoms with van der Waals surface area (Å²) in [5.74, 6) is 5.48. The van der Waals surface area contributed by atoms with E-state index in [1.165, 1.54) is 38.5 Å². The Labute approximate surface area is 86.2 Å². The standard InChI is InChI=1S/C12H20N2/c1-3-11-4-7-12(8-5-11,9-6-11)10(2)14-13/h3,14H,1-2,4-9,13H2. The van der Waals surface area contributed by atoms with Crippen LogP contribution in [0.5, 0.6) is 0 Å². The van der Waals surface area contributed by atoms with E-state index < -0.39 is 0 Å². The average Bonchev–Trinajstić information content (AvgIpc) is 2.30. The number of nitrogens with one attached hydrogen (secondary N) is 1. The van der Waals surface area contributed by atoms with Crippen LogP contribution in [-0.2, 0) is 0 Å². The lowest BCUT2D eigenvalue weighted by molar-refractivity contribution is 0.0448. The third-order valence-corrected chi connectivity index (χ3v) is 4.55. The molecule has 14 heavy (non-hydrogen) atoms. The van der Waals surface area contributed by atoms with Crippen molar-refractivity contribution in [1.82, 2.24) is 5.43 Å². The monoisotopic (exact) mass is 192 g/mol. The lowest BCUT2D eigenvalue weighted by atomic mass is 9.53. The highest BCUT2D eigenvalue weighted by Crippen LogP contribution is 2.59. The molecule has 0 aliphatic heterocycles. The largest absolute Gasteiger partial charge is 0.328 e. The van der Waals surface area contributed by atoms with Gasteiger partial charge in [-0.15, -0.1) is 6.58 Å². The number of allylic oxidation sites excluding steroid dienone is 2. The van der Waals surface area contributed by atoms with Gasteiger partial charge in [0.2, 0.25) is 0 Å². The molecular weight excluding hydrogens is 172 g/mol. The topological polar surface area (TPSA) is 38.0 Å². The van der Waals surface area contributed by atoms with E-state index in [1.54, 1.807) is 0 Å². The number of fused-ring (bicyclic) bond motifs is 3. The van der Waals surface area contributed by atoms with Crippen molar-refractivity contribution >= 4 is 0 Å². The van der Waals surface area contributed by atoms with Crippen molar-refractivity contribution in [3.05, 3.63) is 24.9 Å². The zero-order chi connectivity index (χ0) is 10.2. The first kappa shape index (κ1) is 9.78. The molecule has 2 bridgehead atoms. The Balaban J connectivity index is 2.16. The van der Waals surface area contributed by atoms with Gasteiger partial charge in [-0.05, 0) is 43.9 Å². The maximum absolute atomic E-state index is 5.48. The normalized spacial score (nSPS) is 40.6. The predicted molar refractivity (Wildman–Crippen MR) is 59.2 cm³/mol. The first-order valence-corrected chi connectivity index (χ1v) is 5.46. The number of hydrogen-bond donors (Lipinski definition) is 2. The molecule has 0 unspecified atom stereocenters. The van der Waals surface area contributed by atoms with Crippen molar-refractivity contribution in [3.63, 3.8) is 0 Å². The van der Waals surface area contributed by atoms with E-state index in [2.05, 4.69) is 24.7 Å². The fraction of sp³-hybridized carbons (Fsp3) is 0.667. The molecule has 3 N–H and O–H groups in total. The van der Waals surface area contributed by atoms with Crippen molar-refractivity contribution in [2.45, 2.75) is 38.5 Å². The second-order valence-electron chi connectivity index (χ2n) is 4.97. The smallest absolute Gasteiger partial charge is 0.0249 e. The minimum Gasteiger partial charge on any atom is -0.328 e. The van der Waals surface area contributed by atoms with Crippen molar-refractivity contribution in [2.24, 2.45) is 16.7 Å². The molecule has 0 aromatic carbocycles. The molecule has 0 heterocycles. The van der Waals surface area contributed by atoms with Crippen LogP contribution >= 0.6 is 0 Å². The fourth-order valence-electron chi connectivity index (χ4n) is 3.13. The predicted octanol–water partition coefficient (Wildman–Crippen LogP) is 2.49. The Bertz CT molecular complexity index is 243. The summed E-state index contributed by atoms with van der Waals surface area (Å²) < 4.78 is 0. The van der Waals surface area contributed by atoms with E-state index in [9.17, 15) is 0 Å². The molecule has 0 amide bonds. The van der Waals surface area contributed by atoms with E-state index >= 15 is 0 Å². The first-order chi connectivity index (χ1) is 6.66. The highest BCUT2D eigenvalue weighted by molar-refractivity contribution is 5.17. The molecular formula is C12H20N2. The summed E-state index contributed by atoms with van der Waals surface area (Å²) in [6, 6.07) is 0. The number of rotatable bonds is 3. The van der Waals surface area contributed by atoms with E-state index in [-0.39, 0.29) is 0 Å². The summed E-state index contributed by atoms with van der Waals surface area (Å²) in [5.41, 5.74) is 4.53. The molecule has 0 aromatic heterocycles. The third kappa shape index (κ3) is 1.21. The zero-order valence-electron chi connectivity index (χ0n) is 8.81. The van der Waals surface area contributed by atoms with Crippen LogP contribution in [-0.4, -0.2) is 0 Å². The summed E-state index contributed by atoms with van der Waals surface area (Å²) in [6.07, 6.45) is 9.63. The number of nitrogens with two attached hydrogens (primary N) is 1. The quantitative estimate of drug-likeness (QED) is 0.409. The highest BCUT2D eigenvalue weighted by atomic mass is 15.2. The maximum Gasteiger partial charge on any atom is 0.0249 e. The van der Waals surface area contributed by atoms with Crippen molar-refractivity contribution in [2.75, 3.05) is 0 Å². The summed E-state index contributed by atoms with van der Waals surface area (Å²) in [5, 5.41) is 0. The first-order valence-electron chi connectivity index (χ1n) is 5.46. The van der Waals surface area contributed by atoms with Crippen LogP contribution in [0.25, 0.3) is 0 Å². The van der Waals surface area contributed by atoms with Crippen LogP contribution in [0.1, 0.15) is 38.5 Å². The van der Waals surface area contributed by atoms with Crippen LogP contribution in [0, 0.1) is 10.8 Å². The van der Waals surface area contributed by atoms with Gasteiger partial charge in [-0.1, -0.05) is 12.7 Å². The molecule has 0 radical (unpaired) electrons. The molecule has 2 nitrogen and oxygen atoms in total. The molecule has 3 aliphatic carbocycles. The van der Waals surface area contributed by atoms with Crippen molar-refractivity contribution in [3.8, 4) is 0 Å². The molecule has 0 aromatic rings. The Hall–Kier alpha value is -0.760. The van der Waals surface area contributed by atoms with Gasteiger partial charge >= 0.3 is 0 Å². The molecule has 78 valence electrons. The minimum absolute atomic E-state index is 0.291. The van der Waals surface area contributed by atoms with Gasteiger partial charge in [-0.2, -0.15) is 0 Å². The van der Waals surface area contributed by atoms with Crippen molar-refractivity contribution in [1.29, 1.82) is 0 Å². The molecule has 3 saturated carbocycles. The average molecular weight is 192 g/mol. The van der Waals surface area contributed by atoms with Gasteiger partial charge in [0.1, 0.15) is 0 Å². The molecule has 3 aliphatic rings. The summed E-state index contributed by atoms with van der Waals surface area (Å²) >= 11 is 0. The molecule has 2 heteroatoms. The van der Waals surface area contributed by atoms with E-state index in [1.807, 2.05) is 0 Å². The Morgan fingerprint density at radius 2 is 1.64 bits per heavy atom. The van der Waals surface area contributed by atoms with Crippen LogP contribution in [0.4, 0.5) is 0 Å². The van der Waals surface area contributed by atoms with Crippen molar-refractivity contribution < 1.29 is 0 Å². The summed E-state index contributed by atoms with van der Waals surface area (Å²) in [4.78, 5) is 0. The van der Waals surface area contributed by atoms with E-state index in [0.29, 0.717) is 10.8 Å². The maximum atomic E-state index is 5.48. The van der Waals surface area contributed by atoms with Gasteiger partial charge in [0.25, 0.3) is 0 Å². The van der Waals surface area contributed by atoms with Gasteiger partial charge in [0, 0.05) is 11.1 Å². The number of hydrogen-bond acceptors (Lipinski definition) is 2. The van der Waals surface area contributed by atoms with Crippen LogP contribution in [0.3, 0.4) is 0 Å². The zero-order valence-corrected chi connectivity index (χ0v) is 8.81. The molecule has 0 atom stereocenters. The Kier molecular flexibility index (Phi) is 2.18. The van der Waals surface area contributed by atoms with Gasteiger partial charge in [0.05, 0.1) is 0 Å². The number of hydrazine groups is 1. The molecule has 0 saturated heterocycles. The molecule has 3 rings (SSSR count). The van der Waals surface area contributed by atoms with Gasteiger partial charge in [-0.3, -0.25) is 5.84 Å². The van der Waals surface area contributed by atoms with Gasteiger partial charge < -0.3 is 5.43 Å². The lowest BCUT2D eigenvalue weighted by Crippen LogP contribution is -2.45. The van der Waals surface area contributed by atoms with Crippen LogP contribution in [0.15, 0.2) is 24.9 Å². The second-order valence-corrected chi connectivity index (χ2v) is 4.97. The Morgan fingerprint density at radius 3 is 2.00 bits per heavy atom. The Morgan fingerprint density at radius 1 is 1.14 bits per heavy atom. The van der Waals surface area contributed by atoms with Gasteiger partial charge in [0.15, 0.2) is 0 Å². The van der Waals surface area contributed by atoms with Crippen LogP contribution in [0.2, 0.25) is 0 Å². The molecule has 3 fully saturated rings. The van der Waals surface area contributed by atoms with Crippen LogP contribution < -0.4 is 11.3 Å². The third-order valence-electron chi connectivity index (χ3n) is 4.55. The van der Waals surface area contributed by atoms with Gasteiger partial charge in [-0.25, -0.2) is 0 Å². The van der Waals surface area contributed by atoms with E-state index in [4.69, 9.17) is 5.84 Å². The lowest BCUT2D eigenvalue weighted by Gasteiger charge is -2.53. The molecule has 0 spiro atoms. The summed E-state index contributed by atoms with van der Waals surface area (Å²) in [7, 11) is 0. The second kappa shape index (κ2) is 3.13.